The maximum atomic E-state index is 13.5. The first kappa shape index (κ1) is 24.6. The molecular weight excluding hydrogens is 541 g/mol. The summed E-state index contributed by atoms with van der Waals surface area (Å²) in [6.45, 7) is 0.339. The average molecular weight is 560 g/mol. The number of thiazole rings is 1. The van der Waals surface area contributed by atoms with E-state index in [0.29, 0.717) is 39.5 Å². The van der Waals surface area contributed by atoms with Gasteiger partial charge in [-0.05, 0) is 48.4 Å². The Morgan fingerprint density at radius 2 is 1.89 bits per heavy atom. The van der Waals surface area contributed by atoms with E-state index in [9.17, 15) is 13.2 Å². The fourth-order valence-corrected chi connectivity index (χ4v) is 6.54. The summed E-state index contributed by atoms with van der Waals surface area (Å²) in [7, 11) is -2.46. The normalized spacial score (nSPS) is 12.9. The van der Waals surface area contributed by atoms with Crippen LogP contribution in [0.5, 0.6) is 5.75 Å². The zero-order valence-corrected chi connectivity index (χ0v) is 22.0. The van der Waals surface area contributed by atoms with Crippen molar-refractivity contribution in [1.29, 1.82) is 0 Å². The highest BCUT2D eigenvalue weighted by molar-refractivity contribution is 7.92. The number of carbonyl (C=O) groups is 1. The van der Waals surface area contributed by atoms with E-state index >= 15 is 0 Å². The van der Waals surface area contributed by atoms with Gasteiger partial charge < -0.3 is 4.74 Å². The molecule has 5 rings (SSSR count). The molecule has 0 aliphatic carbocycles. The number of fused-ring (bicyclic) bond motifs is 1. The molecule has 36 heavy (non-hydrogen) atoms. The first-order valence-corrected chi connectivity index (χ1v) is 13.9. The number of methoxy groups -OCH3 is 1. The van der Waals surface area contributed by atoms with E-state index in [1.165, 1.54) is 41.0 Å². The maximum absolute atomic E-state index is 13.5. The molecule has 2 heterocycles. The molecule has 1 aliphatic heterocycles. The van der Waals surface area contributed by atoms with Crippen LogP contribution in [-0.2, 0) is 16.4 Å². The van der Waals surface area contributed by atoms with Gasteiger partial charge in [-0.25, -0.2) is 13.4 Å². The van der Waals surface area contributed by atoms with Crippen LogP contribution in [0.15, 0.2) is 70.9 Å². The first-order chi connectivity index (χ1) is 17.3. The van der Waals surface area contributed by atoms with Gasteiger partial charge in [0.2, 0.25) is 0 Å². The SMILES string of the molecule is COc1ccc(S(=O)(=O)N2CCc3ccccc32)cc1C(=O)Nc1nc(-c2ccc(Cl)c(Cl)c2)cs1. The Kier molecular flexibility index (Phi) is 6.65. The minimum absolute atomic E-state index is 0.000729. The molecule has 0 saturated carbocycles. The molecule has 184 valence electrons. The predicted octanol–water partition coefficient (Wildman–Crippen LogP) is 6.13. The highest BCUT2D eigenvalue weighted by Gasteiger charge is 2.31. The number of hydrogen-bond donors (Lipinski definition) is 1. The number of anilines is 2. The second kappa shape index (κ2) is 9.74. The molecule has 3 aromatic carbocycles. The number of para-hydroxylation sites is 1. The smallest absolute Gasteiger partial charge is 0.264 e. The van der Waals surface area contributed by atoms with E-state index in [1.807, 2.05) is 12.1 Å². The zero-order chi connectivity index (χ0) is 25.4. The summed E-state index contributed by atoms with van der Waals surface area (Å²) in [6, 6.07) is 16.8. The highest BCUT2D eigenvalue weighted by atomic mass is 35.5. The van der Waals surface area contributed by atoms with Gasteiger partial charge >= 0.3 is 0 Å². The lowest BCUT2D eigenvalue weighted by molar-refractivity contribution is 0.102. The lowest BCUT2D eigenvalue weighted by Gasteiger charge is -2.20. The van der Waals surface area contributed by atoms with Crippen molar-refractivity contribution < 1.29 is 17.9 Å². The molecule has 0 spiro atoms. The predicted molar refractivity (Wildman–Crippen MR) is 143 cm³/mol. The number of ether oxygens (including phenoxy) is 1. The standard InChI is InChI=1S/C25H19Cl2N3O4S2/c1-34-23-9-7-17(36(32,33)30-11-10-15-4-2-3-5-22(15)30)13-18(23)24(31)29-25-28-21(14-35-25)16-6-8-19(26)20(27)12-16/h2-9,12-14H,10-11H2,1H3,(H,28,29,31). The topological polar surface area (TPSA) is 88.6 Å². The van der Waals surface area contributed by atoms with Crippen LogP contribution in [0.25, 0.3) is 11.3 Å². The average Bonchev–Trinajstić information content (AvgIpc) is 3.53. The third-order valence-corrected chi connectivity index (χ3v) is 9.09. The van der Waals surface area contributed by atoms with Gasteiger partial charge in [0.05, 0.1) is 39.0 Å². The van der Waals surface area contributed by atoms with Gasteiger partial charge in [0, 0.05) is 17.5 Å². The van der Waals surface area contributed by atoms with Gasteiger partial charge in [-0.2, -0.15) is 0 Å². The number of rotatable bonds is 6. The van der Waals surface area contributed by atoms with Crippen molar-refractivity contribution in [2.45, 2.75) is 11.3 Å². The molecule has 0 radical (unpaired) electrons. The van der Waals surface area contributed by atoms with Crippen LogP contribution in [0.2, 0.25) is 10.0 Å². The molecule has 0 bridgehead atoms. The summed E-state index contributed by atoms with van der Waals surface area (Å²) >= 11 is 13.3. The van der Waals surface area contributed by atoms with Crippen molar-refractivity contribution in [2.24, 2.45) is 0 Å². The summed E-state index contributed by atoms with van der Waals surface area (Å²) in [5.74, 6) is -0.296. The lowest BCUT2D eigenvalue weighted by Crippen LogP contribution is -2.29. The van der Waals surface area contributed by atoms with Gasteiger partial charge in [0.15, 0.2) is 5.13 Å². The van der Waals surface area contributed by atoms with Gasteiger partial charge in [-0.1, -0.05) is 47.5 Å². The number of benzene rings is 3. The van der Waals surface area contributed by atoms with E-state index < -0.39 is 15.9 Å². The largest absolute Gasteiger partial charge is 0.496 e. The van der Waals surface area contributed by atoms with Crippen LogP contribution in [0.4, 0.5) is 10.8 Å². The van der Waals surface area contributed by atoms with Gasteiger partial charge in [-0.15, -0.1) is 11.3 Å². The van der Waals surface area contributed by atoms with Gasteiger partial charge in [-0.3, -0.25) is 14.4 Å². The number of hydrogen-bond acceptors (Lipinski definition) is 6. The fraction of sp³-hybridized carbons (Fsp3) is 0.120. The van der Waals surface area contributed by atoms with Crippen molar-refractivity contribution in [3.8, 4) is 17.0 Å². The van der Waals surface area contributed by atoms with Crippen LogP contribution >= 0.6 is 34.5 Å². The summed E-state index contributed by atoms with van der Waals surface area (Å²) in [6.07, 6.45) is 0.629. The van der Waals surface area contributed by atoms with Crippen molar-refractivity contribution in [3.63, 3.8) is 0 Å². The van der Waals surface area contributed by atoms with Crippen molar-refractivity contribution in [2.75, 3.05) is 23.3 Å². The molecule has 1 amide bonds. The fourth-order valence-electron chi connectivity index (χ4n) is 3.99. The number of halogens is 2. The van der Waals surface area contributed by atoms with Crippen LogP contribution in [-0.4, -0.2) is 33.0 Å². The zero-order valence-electron chi connectivity index (χ0n) is 18.9. The molecule has 0 atom stereocenters. The van der Waals surface area contributed by atoms with E-state index in [4.69, 9.17) is 27.9 Å². The molecule has 0 fully saturated rings. The Labute approximate surface area is 222 Å². The summed E-state index contributed by atoms with van der Waals surface area (Å²) in [5, 5.41) is 5.68. The second-order valence-corrected chi connectivity index (χ2v) is 11.5. The first-order valence-electron chi connectivity index (χ1n) is 10.8. The maximum Gasteiger partial charge on any atom is 0.264 e. The molecule has 1 aliphatic rings. The molecule has 1 aromatic heterocycles. The van der Waals surface area contributed by atoms with Crippen molar-refractivity contribution in [3.05, 3.63) is 87.2 Å². The molecule has 7 nitrogen and oxygen atoms in total. The van der Waals surface area contributed by atoms with Crippen LogP contribution in [0.1, 0.15) is 15.9 Å². The van der Waals surface area contributed by atoms with E-state index in [2.05, 4.69) is 10.3 Å². The Bertz CT molecular complexity index is 1590. The number of carbonyl (C=O) groups excluding carboxylic acids is 1. The van der Waals surface area contributed by atoms with E-state index in [0.717, 1.165) is 11.1 Å². The highest BCUT2D eigenvalue weighted by Crippen LogP contribution is 2.35. The minimum atomic E-state index is -3.88. The monoisotopic (exact) mass is 559 g/mol. The molecule has 0 unspecified atom stereocenters. The number of aromatic nitrogens is 1. The molecule has 0 saturated heterocycles. The summed E-state index contributed by atoms with van der Waals surface area (Å²) in [5.41, 5.74) is 3.06. The molecule has 1 N–H and O–H groups in total. The molecular formula is C25H19Cl2N3O4S2. The van der Waals surface area contributed by atoms with Gasteiger partial charge in [0.1, 0.15) is 5.75 Å². The quantitative estimate of drug-likeness (QED) is 0.307. The van der Waals surface area contributed by atoms with E-state index in [-0.39, 0.29) is 16.2 Å². The van der Waals surface area contributed by atoms with Crippen molar-refractivity contribution >= 4 is 61.3 Å². The summed E-state index contributed by atoms with van der Waals surface area (Å²) in [4.78, 5) is 17.6. The number of amides is 1. The number of sulfonamides is 1. The Morgan fingerprint density at radius 3 is 2.67 bits per heavy atom. The van der Waals surface area contributed by atoms with Crippen LogP contribution in [0, 0.1) is 0 Å². The second-order valence-electron chi connectivity index (χ2n) is 7.94. The van der Waals surface area contributed by atoms with Gasteiger partial charge in [0.25, 0.3) is 15.9 Å². The molecule has 4 aromatic rings. The van der Waals surface area contributed by atoms with Crippen LogP contribution < -0.4 is 14.4 Å². The summed E-state index contributed by atoms with van der Waals surface area (Å²) < 4.78 is 33.6. The lowest BCUT2D eigenvalue weighted by atomic mass is 10.2. The van der Waals surface area contributed by atoms with Crippen LogP contribution in [0.3, 0.4) is 0 Å². The third kappa shape index (κ3) is 4.55. The Balaban J connectivity index is 1.42. The minimum Gasteiger partial charge on any atom is -0.496 e. The Hall–Kier alpha value is -3.11. The van der Waals surface area contributed by atoms with E-state index in [1.54, 1.807) is 35.7 Å². The number of nitrogens with one attached hydrogen (secondary N) is 1. The molecule has 11 heteroatoms. The number of nitrogens with zero attached hydrogens (tertiary/aromatic N) is 2. The Morgan fingerprint density at radius 1 is 1.08 bits per heavy atom. The third-order valence-electron chi connectivity index (χ3n) is 5.79. The van der Waals surface area contributed by atoms with Crippen molar-refractivity contribution in [1.82, 2.24) is 4.98 Å².